The Hall–Kier alpha value is -3.21. The van der Waals surface area contributed by atoms with Gasteiger partial charge in [0.15, 0.2) is 5.75 Å². The van der Waals surface area contributed by atoms with Crippen LogP contribution in [0, 0.1) is 17.1 Å². The number of rotatable bonds is 6. The Morgan fingerprint density at radius 2 is 1.92 bits per heavy atom. The fourth-order valence-corrected chi connectivity index (χ4v) is 1.83. The molecule has 0 aromatic heterocycles. The van der Waals surface area contributed by atoms with Crippen LogP contribution in [-0.4, -0.2) is 19.1 Å². The standard InChI is InChI=1S/C16H12F3N3O2/c17-11-3-6-13(14(7-11)24-16(18)19)22-15(23)9-21-12-4-1-10(8-20)2-5-12/h1-7,16,21H,9H2,(H,22,23). The van der Waals surface area contributed by atoms with Crippen molar-refractivity contribution in [3.63, 3.8) is 0 Å². The van der Waals surface area contributed by atoms with Crippen LogP contribution >= 0.6 is 0 Å². The van der Waals surface area contributed by atoms with Gasteiger partial charge in [0.25, 0.3) is 0 Å². The lowest BCUT2D eigenvalue weighted by molar-refractivity contribution is -0.114. The first kappa shape index (κ1) is 17.1. The molecule has 2 aromatic rings. The number of hydrogen-bond acceptors (Lipinski definition) is 4. The third-order valence-corrected chi connectivity index (χ3v) is 2.90. The van der Waals surface area contributed by atoms with Crippen LogP contribution in [0.5, 0.6) is 5.75 Å². The van der Waals surface area contributed by atoms with Crippen molar-refractivity contribution in [3.05, 3.63) is 53.8 Å². The van der Waals surface area contributed by atoms with Crippen molar-refractivity contribution in [2.45, 2.75) is 6.61 Å². The zero-order valence-corrected chi connectivity index (χ0v) is 12.2. The van der Waals surface area contributed by atoms with Crippen LogP contribution in [0.15, 0.2) is 42.5 Å². The topological polar surface area (TPSA) is 74.2 Å². The van der Waals surface area contributed by atoms with Crippen LogP contribution in [0.1, 0.15) is 5.56 Å². The molecule has 124 valence electrons. The molecule has 2 rings (SSSR count). The third kappa shape index (κ3) is 4.91. The van der Waals surface area contributed by atoms with Crippen LogP contribution in [-0.2, 0) is 4.79 Å². The van der Waals surface area contributed by atoms with Gasteiger partial charge in [-0.3, -0.25) is 4.79 Å². The molecule has 8 heteroatoms. The highest BCUT2D eigenvalue weighted by molar-refractivity contribution is 5.95. The van der Waals surface area contributed by atoms with Gasteiger partial charge in [0.1, 0.15) is 5.82 Å². The van der Waals surface area contributed by atoms with Gasteiger partial charge in [0, 0.05) is 11.8 Å². The molecular formula is C16H12F3N3O2. The summed E-state index contributed by atoms with van der Waals surface area (Å²) in [6, 6.07) is 11.3. The first-order valence-corrected chi connectivity index (χ1v) is 6.76. The zero-order chi connectivity index (χ0) is 17.5. The second kappa shape index (κ2) is 7.87. The number of hydrogen-bond donors (Lipinski definition) is 2. The van der Waals surface area contributed by atoms with Gasteiger partial charge in [0.2, 0.25) is 5.91 Å². The SMILES string of the molecule is N#Cc1ccc(NCC(=O)Nc2ccc(F)cc2OC(F)F)cc1. The first-order valence-electron chi connectivity index (χ1n) is 6.76. The number of nitrogens with one attached hydrogen (secondary N) is 2. The maximum absolute atomic E-state index is 13.1. The van der Waals surface area contributed by atoms with E-state index in [2.05, 4.69) is 15.4 Å². The van der Waals surface area contributed by atoms with Gasteiger partial charge in [0.05, 0.1) is 23.9 Å². The van der Waals surface area contributed by atoms with E-state index in [0.29, 0.717) is 11.3 Å². The molecule has 0 aliphatic rings. The van der Waals surface area contributed by atoms with E-state index in [1.165, 1.54) is 0 Å². The minimum Gasteiger partial charge on any atom is -0.432 e. The molecule has 0 aliphatic heterocycles. The van der Waals surface area contributed by atoms with Crippen LogP contribution in [0.2, 0.25) is 0 Å². The summed E-state index contributed by atoms with van der Waals surface area (Å²) >= 11 is 0. The smallest absolute Gasteiger partial charge is 0.387 e. The van der Waals surface area contributed by atoms with Crippen LogP contribution in [0.25, 0.3) is 0 Å². The number of anilines is 2. The highest BCUT2D eigenvalue weighted by Gasteiger charge is 2.13. The first-order chi connectivity index (χ1) is 11.5. The Labute approximate surface area is 135 Å². The molecule has 2 N–H and O–H groups in total. The van der Waals surface area contributed by atoms with Crippen molar-refractivity contribution >= 4 is 17.3 Å². The summed E-state index contributed by atoms with van der Waals surface area (Å²) in [7, 11) is 0. The number of benzene rings is 2. The molecule has 0 fully saturated rings. The maximum Gasteiger partial charge on any atom is 0.387 e. The summed E-state index contributed by atoms with van der Waals surface area (Å²) < 4.78 is 41.9. The number of nitriles is 1. The minimum atomic E-state index is -3.14. The van der Waals surface area contributed by atoms with E-state index in [1.807, 2.05) is 6.07 Å². The van der Waals surface area contributed by atoms with E-state index in [0.717, 1.165) is 18.2 Å². The highest BCUT2D eigenvalue weighted by atomic mass is 19.3. The van der Waals surface area contributed by atoms with E-state index in [1.54, 1.807) is 24.3 Å². The number of amides is 1. The summed E-state index contributed by atoms with van der Waals surface area (Å²) in [5.41, 5.74) is 1.01. The van der Waals surface area contributed by atoms with Crippen LogP contribution in [0.4, 0.5) is 24.5 Å². The maximum atomic E-state index is 13.1. The molecule has 24 heavy (non-hydrogen) atoms. The van der Waals surface area contributed by atoms with Crippen molar-refractivity contribution < 1.29 is 22.7 Å². The predicted octanol–water partition coefficient (Wildman–Crippen LogP) is 3.35. The Balaban J connectivity index is 1.97. The van der Waals surface area contributed by atoms with E-state index in [-0.39, 0.29) is 12.2 Å². The van der Waals surface area contributed by atoms with E-state index in [4.69, 9.17) is 5.26 Å². The average Bonchev–Trinajstić information content (AvgIpc) is 2.55. The Kier molecular flexibility index (Phi) is 5.63. The van der Waals surface area contributed by atoms with Gasteiger partial charge in [-0.15, -0.1) is 0 Å². The van der Waals surface area contributed by atoms with Crippen molar-refractivity contribution in [1.29, 1.82) is 5.26 Å². The number of carbonyl (C=O) groups is 1. The quantitative estimate of drug-likeness (QED) is 0.849. The largest absolute Gasteiger partial charge is 0.432 e. The number of alkyl halides is 2. The second-order valence-electron chi connectivity index (χ2n) is 4.61. The summed E-state index contributed by atoms with van der Waals surface area (Å²) in [4.78, 5) is 11.9. The van der Waals surface area contributed by atoms with Crippen molar-refractivity contribution in [3.8, 4) is 11.8 Å². The lowest BCUT2D eigenvalue weighted by Gasteiger charge is -2.12. The van der Waals surface area contributed by atoms with Crippen LogP contribution < -0.4 is 15.4 Å². The number of carbonyl (C=O) groups excluding carboxylic acids is 1. The fraction of sp³-hybridized carbons (Fsp3) is 0.125. The molecular weight excluding hydrogens is 323 g/mol. The predicted molar refractivity (Wildman–Crippen MR) is 81.3 cm³/mol. The second-order valence-corrected chi connectivity index (χ2v) is 4.61. The molecule has 0 heterocycles. The number of halogens is 3. The van der Waals surface area contributed by atoms with Gasteiger partial charge in [-0.25, -0.2) is 4.39 Å². The van der Waals surface area contributed by atoms with Crippen molar-refractivity contribution in [2.24, 2.45) is 0 Å². The molecule has 0 spiro atoms. The Bertz CT molecular complexity index is 758. The van der Waals surface area contributed by atoms with Gasteiger partial charge in [-0.1, -0.05) is 0 Å². The molecule has 0 unspecified atom stereocenters. The van der Waals surface area contributed by atoms with E-state index in [9.17, 15) is 18.0 Å². The number of nitrogens with zero attached hydrogens (tertiary/aromatic N) is 1. The molecule has 0 bridgehead atoms. The lowest BCUT2D eigenvalue weighted by Crippen LogP contribution is -2.22. The number of ether oxygens (including phenoxy) is 1. The Morgan fingerprint density at radius 3 is 2.54 bits per heavy atom. The molecule has 0 radical (unpaired) electrons. The van der Waals surface area contributed by atoms with Gasteiger partial charge >= 0.3 is 6.61 Å². The normalized spacial score (nSPS) is 10.1. The van der Waals surface area contributed by atoms with Crippen LogP contribution in [0.3, 0.4) is 0 Å². The molecule has 0 saturated carbocycles. The minimum absolute atomic E-state index is 0.0664. The highest BCUT2D eigenvalue weighted by Crippen LogP contribution is 2.27. The van der Waals surface area contributed by atoms with Crippen molar-refractivity contribution in [2.75, 3.05) is 17.2 Å². The summed E-state index contributed by atoms with van der Waals surface area (Å²) in [6.45, 7) is -3.29. The van der Waals surface area contributed by atoms with Gasteiger partial charge in [-0.2, -0.15) is 14.0 Å². The van der Waals surface area contributed by atoms with Gasteiger partial charge < -0.3 is 15.4 Å². The van der Waals surface area contributed by atoms with E-state index < -0.39 is 24.1 Å². The molecule has 2 aromatic carbocycles. The van der Waals surface area contributed by atoms with Crippen molar-refractivity contribution in [1.82, 2.24) is 0 Å². The average molecular weight is 335 g/mol. The zero-order valence-electron chi connectivity index (χ0n) is 12.2. The summed E-state index contributed by atoms with van der Waals surface area (Å²) in [5.74, 6) is -1.76. The molecule has 0 saturated heterocycles. The molecule has 0 aliphatic carbocycles. The summed E-state index contributed by atoms with van der Waals surface area (Å²) in [5, 5.41) is 13.9. The molecule has 5 nitrogen and oxygen atoms in total. The fourth-order valence-electron chi connectivity index (χ4n) is 1.83. The molecule has 1 amide bonds. The van der Waals surface area contributed by atoms with E-state index >= 15 is 0 Å². The van der Waals surface area contributed by atoms with Gasteiger partial charge in [-0.05, 0) is 36.4 Å². The third-order valence-electron chi connectivity index (χ3n) is 2.90. The monoisotopic (exact) mass is 335 g/mol. The molecule has 0 atom stereocenters. The lowest BCUT2D eigenvalue weighted by atomic mass is 10.2. The summed E-state index contributed by atoms with van der Waals surface area (Å²) in [6.07, 6.45) is 0. The Morgan fingerprint density at radius 1 is 1.21 bits per heavy atom.